The minimum atomic E-state index is 0.419. The van der Waals surface area contributed by atoms with Crippen molar-refractivity contribution in [3.8, 4) is 11.5 Å². The van der Waals surface area contributed by atoms with Crippen molar-refractivity contribution in [3.05, 3.63) is 18.2 Å². The molecule has 0 saturated carbocycles. The van der Waals surface area contributed by atoms with E-state index in [4.69, 9.17) is 14.2 Å². The second kappa shape index (κ2) is 5.77. The molecule has 1 aliphatic heterocycles. The van der Waals surface area contributed by atoms with E-state index in [1.54, 1.807) is 0 Å². The van der Waals surface area contributed by atoms with E-state index in [0.29, 0.717) is 19.3 Å². The average molecular weight is 237 g/mol. The maximum absolute atomic E-state index is 5.57. The molecule has 1 saturated heterocycles. The summed E-state index contributed by atoms with van der Waals surface area (Å²) in [7, 11) is 0. The van der Waals surface area contributed by atoms with Crippen molar-refractivity contribution in [1.82, 2.24) is 0 Å². The molecular weight excluding hydrogens is 218 g/mol. The summed E-state index contributed by atoms with van der Waals surface area (Å²) in [5.41, 5.74) is 1.05. The van der Waals surface area contributed by atoms with Crippen LogP contribution in [0.3, 0.4) is 0 Å². The Balaban J connectivity index is 2.09. The standard InChI is InChI=1S/C13H19NO3/c1-3-16-12-6-5-10(7-13(12)17-4-2)14-11-8-15-9-11/h5-7,11,14H,3-4,8-9H2,1-2H3. The highest BCUT2D eigenvalue weighted by Gasteiger charge is 2.18. The molecular formula is C13H19NO3. The van der Waals surface area contributed by atoms with E-state index in [9.17, 15) is 0 Å². The first kappa shape index (κ1) is 12.0. The van der Waals surface area contributed by atoms with Gasteiger partial charge in [0, 0.05) is 11.8 Å². The molecule has 0 aliphatic carbocycles. The third kappa shape index (κ3) is 3.03. The second-order valence-corrected chi connectivity index (χ2v) is 3.91. The Hall–Kier alpha value is -1.42. The highest BCUT2D eigenvalue weighted by molar-refractivity contribution is 5.55. The lowest BCUT2D eigenvalue weighted by atomic mass is 10.2. The van der Waals surface area contributed by atoms with Crippen molar-refractivity contribution in [2.75, 3.05) is 31.7 Å². The first-order valence-electron chi connectivity index (χ1n) is 6.07. The number of benzene rings is 1. The molecule has 0 spiro atoms. The maximum atomic E-state index is 5.57. The molecule has 0 aromatic heterocycles. The summed E-state index contributed by atoms with van der Waals surface area (Å²) in [6.45, 7) is 6.76. The Morgan fingerprint density at radius 1 is 1.18 bits per heavy atom. The van der Waals surface area contributed by atoms with Gasteiger partial charge < -0.3 is 19.5 Å². The fraction of sp³-hybridized carbons (Fsp3) is 0.538. The van der Waals surface area contributed by atoms with Crippen molar-refractivity contribution in [3.63, 3.8) is 0 Å². The van der Waals surface area contributed by atoms with Gasteiger partial charge in [0.15, 0.2) is 11.5 Å². The molecule has 2 rings (SSSR count). The van der Waals surface area contributed by atoms with Crippen LogP contribution in [0, 0.1) is 0 Å². The van der Waals surface area contributed by atoms with Gasteiger partial charge in [-0.2, -0.15) is 0 Å². The number of nitrogens with one attached hydrogen (secondary N) is 1. The normalized spacial score (nSPS) is 15.2. The molecule has 1 aromatic carbocycles. The number of ether oxygens (including phenoxy) is 3. The molecule has 0 radical (unpaired) electrons. The summed E-state index contributed by atoms with van der Waals surface area (Å²) >= 11 is 0. The van der Waals surface area contributed by atoms with Crippen LogP contribution in [-0.4, -0.2) is 32.5 Å². The zero-order chi connectivity index (χ0) is 12.1. The first-order chi connectivity index (χ1) is 8.33. The van der Waals surface area contributed by atoms with Gasteiger partial charge in [0.25, 0.3) is 0 Å². The summed E-state index contributed by atoms with van der Waals surface area (Å²) in [5.74, 6) is 1.59. The van der Waals surface area contributed by atoms with Gasteiger partial charge in [0.2, 0.25) is 0 Å². The summed E-state index contributed by atoms with van der Waals surface area (Å²) in [4.78, 5) is 0. The van der Waals surface area contributed by atoms with E-state index < -0.39 is 0 Å². The van der Waals surface area contributed by atoms with E-state index >= 15 is 0 Å². The average Bonchev–Trinajstić information content (AvgIpc) is 2.27. The molecule has 1 N–H and O–H groups in total. The first-order valence-corrected chi connectivity index (χ1v) is 6.07. The van der Waals surface area contributed by atoms with Crippen LogP contribution in [0.4, 0.5) is 5.69 Å². The van der Waals surface area contributed by atoms with E-state index in [1.807, 2.05) is 32.0 Å². The Morgan fingerprint density at radius 3 is 2.47 bits per heavy atom. The molecule has 1 heterocycles. The molecule has 0 amide bonds. The summed E-state index contributed by atoms with van der Waals surface area (Å²) in [6, 6.07) is 6.34. The number of anilines is 1. The third-order valence-corrected chi connectivity index (χ3v) is 2.55. The number of rotatable bonds is 6. The lowest BCUT2D eigenvalue weighted by molar-refractivity contribution is 0.0211. The fourth-order valence-corrected chi connectivity index (χ4v) is 1.70. The van der Waals surface area contributed by atoms with Gasteiger partial charge in [-0.15, -0.1) is 0 Å². The van der Waals surface area contributed by atoms with Gasteiger partial charge in [-0.25, -0.2) is 0 Å². The summed E-state index contributed by atoms with van der Waals surface area (Å²) in [5, 5.41) is 3.39. The maximum Gasteiger partial charge on any atom is 0.163 e. The highest BCUT2D eigenvalue weighted by Crippen LogP contribution is 2.31. The third-order valence-electron chi connectivity index (χ3n) is 2.55. The Bertz CT molecular complexity index is 364. The lowest BCUT2D eigenvalue weighted by Crippen LogP contribution is -2.40. The van der Waals surface area contributed by atoms with Crippen molar-refractivity contribution >= 4 is 5.69 Å². The monoisotopic (exact) mass is 237 g/mol. The topological polar surface area (TPSA) is 39.7 Å². The van der Waals surface area contributed by atoms with Crippen molar-refractivity contribution < 1.29 is 14.2 Å². The van der Waals surface area contributed by atoms with Gasteiger partial charge >= 0.3 is 0 Å². The smallest absolute Gasteiger partial charge is 0.163 e. The molecule has 1 aromatic rings. The van der Waals surface area contributed by atoms with E-state index in [2.05, 4.69) is 5.32 Å². The van der Waals surface area contributed by atoms with Crippen LogP contribution in [0.1, 0.15) is 13.8 Å². The highest BCUT2D eigenvalue weighted by atomic mass is 16.5. The molecule has 1 fully saturated rings. The number of hydrogen-bond acceptors (Lipinski definition) is 4. The van der Waals surface area contributed by atoms with Crippen LogP contribution >= 0.6 is 0 Å². The van der Waals surface area contributed by atoms with Crippen LogP contribution in [-0.2, 0) is 4.74 Å². The fourth-order valence-electron chi connectivity index (χ4n) is 1.70. The summed E-state index contributed by atoms with van der Waals surface area (Å²) in [6.07, 6.45) is 0. The van der Waals surface area contributed by atoms with Crippen molar-refractivity contribution in [1.29, 1.82) is 0 Å². The molecule has 4 heteroatoms. The molecule has 0 unspecified atom stereocenters. The Kier molecular flexibility index (Phi) is 4.09. The second-order valence-electron chi connectivity index (χ2n) is 3.91. The Labute approximate surface area is 102 Å². The van der Waals surface area contributed by atoms with Crippen LogP contribution in [0.2, 0.25) is 0 Å². The predicted octanol–water partition coefficient (Wildman–Crippen LogP) is 2.29. The SMILES string of the molecule is CCOc1ccc(NC2COC2)cc1OCC. The zero-order valence-corrected chi connectivity index (χ0v) is 10.4. The van der Waals surface area contributed by atoms with E-state index in [1.165, 1.54) is 0 Å². The quantitative estimate of drug-likeness (QED) is 0.824. The largest absolute Gasteiger partial charge is 0.490 e. The molecule has 1 aliphatic rings. The van der Waals surface area contributed by atoms with E-state index in [-0.39, 0.29) is 0 Å². The van der Waals surface area contributed by atoms with Crippen LogP contribution in [0.15, 0.2) is 18.2 Å². The molecule has 94 valence electrons. The predicted molar refractivity (Wildman–Crippen MR) is 67.0 cm³/mol. The number of hydrogen-bond donors (Lipinski definition) is 1. The molecule has 4 nitrogen and oxygen atoms in total. The Morgan fingerprint density at radius 2 is 1.88 bits per heavy atom. The van der Waals surface area contributed by atoms with Gasteiger partial charge in [-0.1, -0.05) is 0 Å². The lowest BCUT2D eigenvalue weighted by Gasteiger charge is -2.28. The van der Waals surface area contributed by atoms with Gasteiger partial charge in [0.1, 0.15) is 0 Å². The van der Waals surface area contributed by atoms with Gasteiger partial charge in [0.05, 0.1) is 32.5 Å². The molecule has 17 heavy (non-hydrogen) atoms. The molecule has 0 bridgehead atoms. The van der Waals surface area contributed by atoms with Gasteiger partial charge in [-0.05, 0) is 26.0 Å². The zero-order valence-electron chi connectivity index (χ0n) is 10.4. The summed E-state index contributed by atoms with van der Waals surface area (Å²) < 4.78 is 16.2. The van der Waals surface area contributed by atoms with E-state index in [0.717, 1.165) is 30.4 Å². The molecule has 0 atom stereocenters. The van der Waals surface area contributed by atoms with Crippen LogP contribution < -0.4 is 14.8 Å². The van der Waals surface area contributed by atoms with Crippen LogP contribution in [0.25, 0.3) is 0 Å². The van der Waals surface area contributed by atoms with Crippen molar-refractivity contribution in [2.24, 2.45) is 0 Å². The minimum Gasteiger partial charge on any atom is -0.490 e. The minimum absolute atomic E-state index is 0.419. The van der Waals surface area contributed by atoms with Gasteiger partial charge in [-0.3, -0.25) is 0 Å². The van der Waals surface area contributed by atoms with Crippen molar-refractivity contribution in [2.45, 2.75) is 19.9 Å². The van der Waals surface area contributed by atoms with Crippen LogP contribution in [0.5, 0.6) is 11.5 Å².